The maximum Gasteiger partial charge on any atom is 0.295 e. The Labute approximate surface area is 181 Å². The summed E-state index contributed by atoms with van der Waals surface area (Å²) in [4.78, 5) is 25.5. The number of hydrogen-bond acceptors (Lipinski definition) is 3. The highest BCUT2D eigenvalue weighted by atomic mass is 35.5. The van der Waals surface area contributed by atoms with E-state index in [1.165, 1.54) is 4.68 Å². The van der Waals surface area contributed by atoms with Crippen molar-refractivity contribution in [1.82, 2.24) is 9.36 Å². The highest BCUT2D eigenvalue weighted by molar-refractivity contribution is 6.31. The third-order valence-corrected chi connectivity index (χ3v) is 5.50. The first kappa shape index (κ1) is 21.7. The van der Waals surface area contributed by atoms with Crippen LogP contribution in [0.4, 0.5) is 5.69 Å². The summed E-state index contributed by atoms with van der Waals surface area (Å²) in [6, 6.07) is 13.0. The second-order valence-corrected chi connectivity index (χ2v) is 7.97. The predicted molar refractivity (Wildman–Crippen MR) is 120 cm³/mol. The Morgan fingerprint density at radius 3 is 2.47 bits per heavy atom. The summed E-state index contributed by atoms with van der Waals surface area (Å²) in [5.74, 6) is 0.410. The Kier molecular flexibility index (Phi) is 6.37. The molecule has 0 atom stereocenters. The number of para-hydroxylation sites is 1. The molecule has 0 spiro atoms. The van der Waals surface area contributed by atoms with Gasteiger partial charge in [-0.25, -0.2) is 4.68 Å². The molecule has 0 bridgehead atoms. The summed E-state index contributed by atoms with van der Waals surface area (Å²) < 4.78 is 9.02. The fraction of sp³-hybridized carbons (Fsp3) is 0.304. The van der Waals surface area contributed by atoms with Crippen molar-refractivity contribution in [2.75, 3.05) is 11.9 Å². The molecule has 7 heteroatoms. The van der Waals surface area contributed by atoms with Crippen LogP contribution in [0.1, 0.15) is 36.6 Å². The van der Waals surface area contributed by atoms with Crippen LogP contribution in [0.3, 0.4) is 0 Å². The lowest BCUT2D eigenvalue weighted by atomic mass is 10.0. The van der Waals surface area contributed by atoms with Crippen molar-refractivity contribution in [3.05, 3.63) is 74.7 Å². The number of carbonyl (C=O) groups is 1. The summed E-state index contributed by atoms with van der Waals surface area (Å²) >= 11 is 6.23. The van der Waals surface area contributed by atoms with Gasteiger partial charge < -0.3 is 10.1 Å². The first-order chi connectivity index (χ1) is 14.2. The minimum Gasteiger partial charge on any atom is -0.483 e. The summed E-state index contributed by atoms with van der Waals surface area (Å²) in [5.41, 5.74) is 3.14. The lowest BCUT2D eigenvalue weighted by molar-refractivity contribution is -0.118. The molecule has 0 radical (unpaired) electrons. The number of benzene rings is 2. The normalized spacial score (nSPS) is 11.0. The van der Waals surface area contributed by atoms with Crippen molar-refractivity contribution in [2.24, 2.45) is 7.05 Å². The van der Waals surface area contributed by atoms with Crippen LogP contribution in [0, 0.1) is 13.8 Å². The largest absolute Gasteiger partial charge is 0.483 e. The Bertz CT molecular complexity index is 1130. The Morgan fingerprint density at radius 2 is 1.83 bits per heavy atom. The van der Waals surface area contributed by atoms with Crippen molar-refractivity contribution >= 4 is 23.2 Å². The molecular weight excluding hydrogens is 402 g/mol. The monoisotopic (exact) mass is 427 g/mol. The van der Waals surface area contributed by atoms with Crippen LogP contribution in [0.2, 0.25) is 5.02 Å². The minimum atomic E-state index is -0.400. The van der Waals surface area contributed by atoms with Crippen molar-refractivity contribution in [1.29, 1.82) is 0 Å². The van der Waals surface area contributed by atoms with Crippen LogP contribution in [0.15, 0.2) is 47.3 Å². The summed E-state index contributed by atoms with van der Waals surface area (Å²) in [6.45, 7) is 7.54. The Hall–Kier alpha value is -2.99. The number of rotatable bonds is 6. The lowest BCUT2D eigenvalue weighted by Gasteiger charge is -2.15. The van der Waals surface area contributed by atoms with E-state index in [0.29, 0.717) is 16.5 Å². The zero-order chi connectivity index (χ0) is 22.0. The van der Waals surface area contributed by atoms with Gasteiger partial charge in [0, 0.05) is 12.1 Å². The molecule has 30 heavy (non-hydrogen) atoms. The third kappa shape index (κ3) is 4.28. The quantitative estimate of drug-likeness (QED) is 0.625. The van der Waals surface area contributed by atoms with Crippen LogP contribution in [-0.4, -0.2) is 21.9 Å². The molecule has 1 aromatic heterocycles. The van der Waals surface area contributed by atoms with E-state index >= 15 is 0 Å². The van der Waals surface area contributed by atoms with Gasteiger partial charge in [-0.3, -0.25) is 14.3 Å². The van der Waals surface area contributed by atoms with Crippen LogP contribution >= 0.6 is 11.6 Å². The second kappa shape index (κ2) is 8.79. The molecule has 0 unspecified atom stereocenters. The van der Waals surface area contributed by atoms with E-state index in [9.17, 15) is 9.59 Å². The van der Waals surface area contributed by atoms with Crippen LogP contribution in [0.5, 0.6) is 5.75 Å². The third-order valence-electron chi connectivity index (χ3n) is 5.09. The second-order valence-electron chi connectivity index (χ2n) is 7.57. The molecule has 0 saturated heterocycles. The molecule has 0 aliphatic rings. The van der Waals surface area contributed by atoms with Crippen LogP contribution < -0.4 is 15.6 Å². The molecule has 1 heterocycles. The topological polar surface area (TPSA) is 65.3 Å². The van der Waals surface area contributed by atoms with E-state index < -0.39 is 5.91 Å². The van der Waals surface area contributed by atoms with Gasteiger partial charge in [0.25, 0.3) is 11.5 Å². The summed E-state index contributed by atoms with van der Waals surface area (Å²) in [5, 5.41) is 3.37. The number of anilines is 1. The standard InChI is InChI=1S/C23H26ClN3O3/c1-14(2)18-12-19(24)15(3)11-20(18)30-13-21(28)25-22-16(4)26(5)27(23(22)29)17-9-7-6-8-10-17/h6-12,14H,13H2,1-5H3,(H,25,28). The molecule has 1 amide bonds. The zero-order valence-electron chi connectivity index (χ0n) is 17.8. The Morgan fingerprint density at radius 1 is 1.17 bits per heavy atom. The number of halogens is 1. The van der Waals surface area contributed by atoms with Crippen LogP contribution in [0.25, 0.3) is 5.69 Å². The first-order valence-electron chi connectivity index (χ1n) is 9.77. The molecule has 3 aromatic rings. The fourth-order valence-corrected chi connectivity index (χ4v) is 3.45. The number of carbonyl (C=O) groups excluding carboxylic acids is 1. The van der Waals surface area contributed by atoms with E-state index in [1.54, 1.807) is 18.7 Å². The van der Waals surface area contributed by atoms with Gasteiger partial charge >= 0.3 is 0 Å². The minimum absolute atomic E-state index is 0.190. The molecular formula is C23H26ClN3O3. The summed E-state index contributed by atoms with van der Waals surface area (Å²) in [6.07, 6.45) is 0. The van der Waals surface area contributed by atoms with Gasteiger partial charge in [-0.1, -0.05) is 43.6 Å². The number of aryl methyl sites for hydroxylation is 1. The summed E-state index contributed by atoms with van der Waals surface area (Å²) in [7, 11) is 1.78. The maximum absolute atomic E-state index is 12.9. The van der Waals surface area contributed by atoms with E-state index in [4.69, 9.17) is 16.3 Å². The molecule has 3 rings (SSSR count). The molecule has 0 aliphatic heterocycles. The first-order valence-corrected chi connectivity index (χ1v) is 10.1. The van der Waals surface area contributed by atoms with Crippen molar-refractivity contribution in [3.8, 4) is 11.4 Å². The van der Waals surface area contributed by atoms with Crippen molar-refractivity contribution in [3.63, 3.8) is 0 Å². The van der Waals surface area contributed by atoms with Gasteiger partial charge in [-0.2, -0.15) is 0 Å². The van der Waals surface area contributed by atoms with Gasteiger partial charge in [0.2, 0.25) is 0 Å². The Balaban J connectivity index is 1.80. The zero-order valence-corrected chi connectivity index (χ0v) is 18.6. The van der Waals surface area contributed by atoms with E-state index in [1.807, 2.05) is 63.2 Å². The lowest BCUT2D eigenvalue weighted by Crippen LogP contribution is -2.26. The van der Waals surface area contributed by atoms with E-state index in [0.717, 1.165) is 16.8 Å². The van der Waals surface area contributed by atoms with Gasteiger partial charge in [0.05, 0.1) is 11.4 Å². The smallest absolute Gasteiger partial charge is 0.295 e. The highest BCUT2D eigenvalue weighted by Gasteiger charge is 2.19. The number of hydrogen-bond donors (Lipinski definition) is 1. The maximum atomic E-state index is 12.9. The number of ether oxygens (including phenoxy) is 1. The molecule has 158 valence electrons. The van der Waals surface area contributed by atoms with Crippen LogP contribution in [-0.2, 0) is 11.8 Å². The van der Waals surface area contributed by atoms with Gasteiger partial charge in [-0.05, 0) is 55.2 Å². The molecule has 0 saturated carbocycles. The SMILES string of the molecule is Cc1cc(OCC(=O)Nc2c(C)n(C)n(-c3ccccc3)c2=O)c(C(C)C)cc1Cl. The molecule has 0 fully saturated rings. The van der Waals surface area contributed by atoms with E-state index in [-0.39, 0.29) is 23.8 Å². The number of aromatic nitrogens is 2. The van der Waals surface area contributed by atoms with E-state index in [2.05, 4.69) is 5.32 Å². The van der Waals surface area contributed by atoms with Gasteiger partial charge in [-0.15, -0.1) is 0 Å². The number of nitrogens with zero attached hydrogens (tertiary/aromatic N) is 2. The van der Waals surface area contributed by atoms with Gasteiger partial charge in [0.1, 0.15) is 11.4 Å². The molecule has 6 nitrogen and oxygen atoms in total. The average Bonchev–Trinajstić information content (AvgIpc) is 2.92. The number of nitrogens with one attached hydrogen (secondary N) is 1. The predicted octanol–water partition coefficient (Wildman–Crippen LogP) is 4.59. The fourth-order valence-electron chi connectivity index (χ4n) is 3.28. The van der Waals surface area contributed by atoms with Gasteiger partial charge in [0.15, 0.2) is 6.61 Å². The average molecular weight is 428 g/mol. The number of amides is 1. The van der Waals surface area contributed by atoms with Crippen molar-refractivity contribution in [2.45, 2.75) is 33.6 Å². The highest BCUT2D eigenvalue weighted by Crippen LogP contribution is 2.32. The van der Waals surface area contributed by atoms with Crippen molar-refractivity contribution < 1.29 is 9.53 Å². The molecule has 0 aliphatic carbocycles. The molecule has 1 N–H and O–H groups in total. The molecule has 2 aromatic carbocycles.